The van der Waals surface area contributed by atoms with Gasteiger partial charge in [-0.3, -0.25) is 14.4 Å². The Bertz CT molecular complexity index is 530. The van der Waals surface area contributed by atoms with E-state index in [4.69, 9.17) is 4.74 Å². The third kappa shape index (κ3) is 2.83. The van der Waals surface area contributed by atoms with Crippen molar-refractivity contribution in [2.24, 2.45) is 7.05 Å². The average Bonchev–Trinajstić information content (AvgIpc) is 2.87. The number of carbonyl (C=O) groups excluding carboxylic acids is 1. The fourth-order valence-corrected chi connectivity index (χ4v) is 3.23. The summed E-state index contributed by atoms with van der Waals surface area (Å²) in [4.78, 5) is 19.4. The third-order valence-corrected chi connectivity index (χ3v) is 4.74. The maximum atomic E-state index is 12.5. The molecule has 0 bridgehead atoms. The van der Waals surface area contributed by atoms with Crippen LogP contribution < -0.4 is 4.74 Å². The molecule has 0 radical (unpaired) electrons. The predicted octanol–water partition coefficient (Wildman–Crippen LogP) is -0.109. The van der Waals surface area contributed by atoms with Gasteiger partial charge >= 0.3 is 0 Å². The molecule has 1 amide bonds. The van der Waals surface area contributed by atoms with E-state index in [-0.39, 0.29) is 5.91 Å². The molecule has 2 aliphatic heterocycles. The van der Waals surface area contributed by atoms with E-state index in [0.717, 1.165) is 45.8 Å². The first-order chi connectivity index (χ1) is 10.6. The smallest absolute Gasteiger partial charge is 0.261 e. The normalized spacial score (nSPS) is 21.0. The van der Waals surface area contributed by atoms with Gasteiger partial charge in [-0.2, -0.15) is 0 Å². The van der Waals surface area contributed by atoms with Gasteiger partial charge in [0.1, 0.15) is 5.56 Å². The largest absolute Gasteiger partial charge is 0.479 e. The second-order valence-corrected chi connectivity index (χ2v) is 6.06. The zero-order valence-electron chi connectivity index (χ0n) is 13.7. The molecular formula is C15H25N5O2. The lowest BCUT2D eigenvalue weighted by molar-refractivity contribution is 0.00824. The Morgan fingerprint density at radius 2 is 2.00 bits per heavy atom. The molecule has 122 valence electrons. The second kappa shape index (κ2) is 6.26. The first kappa shape index (κ1) is 15.3. The number of likely N-dealkylation sites (tertiary alicyclic amines) is 1. The second-order valence-electron chi connectivity index (χ2n) is 6.06. The number of aryl methyl sites for hydroxylation is 1. The number of carbonyl (C=O) groups is 1. The van der Waals surface area contributed by atoms with Crippen molar-refractivity contribution in [2.75, 3.05) is 52.9 Å². The molecule has 0 aromatic carbocycles. The van der Waals surface area contributed by atoms with Gasteiger partial charge < -0.3 is 14.5 Å². The number of ether oxygens (including phenoxy) is 1. The third-order valence-electron chi connectivity index (χ3n) is 4.74. The monoisotopic (exact) mass is 307 g/mol. The Morgan fingerprint density at radius 1 is 1.32 bits per heavy atom. The number of hydrogen-bond acceptors (Lipinski definition) is 5. The lowest BCUT2D eigenvalue weighted by Crippen LogP contribution is -2.64. The van der Waals surface area contributed by atoms with E-state index in [1.807, 2.05) is 4.90 Å². The molecule has 0 atom stereocenters. The molecule has 22 heavy (non-hydrogen) atoms. The Morgan fingerprint density at radius 3 is 2.59 bits per heavy atom. The van der Waals surface area contributed by atoms with Crippen molar-refractivity contribution in [3.8, 4) is 5.88 Å². The maximum Gasteiger partial charge on any atom is 0.261 e. The molecule has 0 saturated carbocycles. The SMILES string of the molecule is CCN1CCN(C2CN(C(=O)c3cn(C)nc3OC)C2)CC1. The van der Waals surface area contributed by atoms with E-state index in [1.165, 1.54) is 0 Å². The zero-order valence-corrected chi connectivity index (χ0v) is 13.7. The number of aromatic nitrogens is 2. The molecule has 2 aliphatic rings. The zero-order chi connectivity index (χ0) is 15.7. The van der Waals surface area contributed by atoms with E-state index in [1.54, 1.807) is 25.0 Å². The summed E-state index contributed by atoms with van der Waals surface area (Å²) in [5.74, 6) is 0.431. The van der Waals surface area contributed by atoms with Gasteiger partial charge in [-0.05, 0) is 6.54 Å². The van der Waals surface area contributed by atoms with Crippen LogP contribution in [0.4, 0.5) is 0 Å². The van der Waals surface area contributed by atoms with Crippen molar-refractivity contribution >= 4 is 5.91 Å². The summed E-state index contributed by atoms with van der Waals surface area (Å²) in [6.07, 6.45) is 1.73. The predicted molar refractivity (Wildman–Crippen MR) is 83.1 cm³/mol. The molecule has 0 aliphatic carbocycles. The molecule has 0 N–H and O–H groups in total. The van der Waals surface area contributed by atoms with Crippen LogP contribution >= 0.6 is 0 Å². The molecular weight excluding hydrogens is 282 g/mol. The van der Waals surface area contributed by atoms with Crippen molar-refractivity contribution in [3.05, 3.63) is 11.8 Å². The van der Waals surface area contributed by atoms with E-state index in [0.29, 0.717) is 17.5 Å². The van der Waals surface area contributed by atoms with Crippen LogP contribution in [-0.2, 0) is 7.05 Å². The Labute approximate surface area is 131 Å². The first-order valence-electron chi connectivity index (χ1n) is 7.95. The molecule has 7 heteroatoms. The Kier molecular flexibility index (Phi) is 4.35. The summed E-state index contributed by atoms with van der Waals surface area (Å²) in [5, 5.41) is 4.15. The molecule has 1 aromatic heterocycles. The standard InChI is InChI=1S/C15H25N5O2/c1-4-18-5-7-19(8-6-18)12-9-20(10-12)15(21)13-11-17(2)16-14(13)22-3/h11-12H,4-10H2,1-3H3. The lowest BCUT2D eigenvalue weighted by Gasteiger charge is -2.48. The van der Waals surface area contributed by atoms with Crippen LogP contribution in [0.25, 0.3) is 0 Å². The fourth-order valence-electron chi connectivity index (χ4n) is 3.23. The van der Waals surface area contributed by atoms with Gasteiger partial charge in [-0.1, -0.05) is 6.92 Å². The van der Waals surface area contributed by atoms with Crippen LogP contribution in [0.1, 0.15) is 17.3 Å². The molecule has 0 spiro atoms. The van der Waals surface area contributed by atoms with Crippen LogP contribution in [0.3, 0.4) is 0 Å². The lowest BCUT2D eigenvalue weighted by atomic mass is 10.0. The fraction of sp³-hybridized carbons (Fsp3) is 0.733. The van der Waals surface area contributed by atoms with Crippen molar-refractivity contribution in [1.29, 1.82) is 0 Å². The number of piperazine rings is 1. The number of amides is 1. The summed E-state index contributed by atoms with van der Waals surface area (Å²) in [5.41, 5.74) is 0.555. The van der Waals surface area contributed by atoms with Gasteiger partial charge in [-0.25, -0.2) is 0 Å². The van der Waals surface area contributed by atoms with Crippen LogP contribution in [0.5, 0.6) is 5.88 Å². The minimum Gasteiger partial charge on any atom is -0.479 e. The molecule has 2 saturated heterocycles. The summed E-state index contributed by atoms with van der Waals surface area (Å²) < 4.78 is 6.80. The number of rotatable bonds is 4. The number of methoxy groups -OCH3 is 1. The van der Waals surface area contributed by atoms with Crippen LogP contribution in [0.15, 0.2) is 6.20 Å². The molecule has 7 nitrogen and oxygen atoms in total. The van der Waals surface area contributed by atoms with Crippen molar-refractivity contribution < 1.29 is 9.53 Å². The molecule has 2 fully saturated rings. The van der Waals surface area contributed by atoms with Gasteiger partial charge in [0.05, 0.1) is 7.11 Å². The summed E-state index contributed by atoms with van der Waals surface area (Å²) >= 11 is 0. The molecule has 3 rings (SSSR count). The van der Waals surface area contributed by atoms with Gasteiger partial charge in [0.15, 0.2) is 0 Å². The first-order valence-corrected chi connectivity index (χ1v) is 7.95. The number of hydrogen-bond donors (Lipinski definition) is 0. The summed E-state index contributed by atoms with van der Waals surface area (Å²) in [7, 11) is 3.34. The summed E-state index contributed by atoms with van der Waals surface area (Å²) in [6.45, 7) is 9.44. The van der Waals surface area contributed by atoms with Crippen molar-refractivity contribution in [2.45, 2.75) is 13.0 Å². The van der Waals surface area contributed by atoms with Gasteiger partial charge in [-0.15, -0.1) is 5.10 Å². The highest BCUT2D eigenvalue weighted by atomic mass is 16.5. The van der Waals surface area contributed by atoms with Crippen molar-refractivity contribution in [1.82, 2.24) is 24.5 Å². The van der Waals surface area contributed by atoms with E-state index >= 15 is 0 Å². The minimum atomic E-state index is 0.0217. The number of nitrogens with zero attached hydrogens (tertiary/aromatic N) is 5. The molecule has 3 heterocycles. The van der Waals surface area contributed by atoms with Crippen LogP contribution in [0.2, 0.25) is 0 Å². The quantitative estimate of drug-likeness (QED) is 0.777. The van der Waals surface area contributed by atoms with E-state index in [9.17, 15) is 4.79 Å². The Hall–Kier alpha value is -1.60. The average molecular weight is 307 g/mol. The van der Waals surface area contributed by atoms with Crippen molar-refractivity contribution in [3.63, 3.8) is 0 Å². The number of likely N-dealkylation sites (N-methyl/N-ethyl adjacent to an activating group) is 1. The van der Waals surface area contributed by atoms with Gasteiger partial charge in [0, 0.05) is 58.6 Å². The van der Waals surface area contributed by atoms with E-state index in [2.05, 4.69) is 21.8 Å². The highest BCUT2D eigenvalue weighted by molar-refractivity contribution is 5.96. The molecule has 1 aromatic rings. The van der Waals surface area contributed by atoms with Crippen LogP contribution in [-0.4, -0.2) is 89.4 Å². The molecule has 0 unspecified atom stereocenters. The van der Waals surface area contributed by atoms with Gasteiger partial charge in [0.25, 0.3) is 5.91 Å². The highest BCUT2D eigenvalue weighted by Crippen LogP contribution is 2.23. The summed E-state index contributed by atoms with van der Waals surface area (Å²) in [6, 6.07) is 0.505. The Balaban J connectivity index is 1.54. The highest BCUT2D eigenvalue weighted by Gasteiger charge is 2.37. The minimum absolute atomic E-state index is 0.0217. The van der Waals surface area contributed by atoms with Gasteiger partial charge in [0.2, 0.25) is 5.88 Å². The topological polar surface area (TPSA) is 53.8 Å². The van der Waals surface area contributed by atoms with E-state index < -0.39 is 0 Å². The maximum absolute atomic E-state index is 12.5. The van der Waals surface area contributed by atoms with Crippen LogP contribution in [0, 0.1) is 0 Å².